The van der Waals surface area contributed by atoms with Crippen LogP contribution in [0, 0.1) is 0 Å². The van der Waals surface area contributed by atoms with E-state index >= 15 is 0 Å². The minimum Gasteiger partial charge on any atom is -0.491 e. The monoisotopic (exact) mass is 383 g/mol. The molecule has 2 aromatic carbocycles. The van der Waals surface area contributed by atoms with Crippen LogP contribution < -0.4 is 20.5 Å². The lowest BCUT2D eigenvalue weighted by atomic mass is 10.2. The van der Waals surface area contributed by atoms with E-state index in [4.69, 9.17) is 21.1 Å². The predicted molar refractivity (Wildman–Crippen MR) is 103 cm³/mol. The number of hydrogen-bond acceptors (Lipinski definition) is 4. The molecule has 0 radical (unpaired) electrons. The molecule has 3 aromatic rings. The molecule has 3 N–H and O–H groups in total. The maximum atomic E-state index is 11.3. The van der Waals surface area contributed by atoms with E-state index in [9.17, 15) is 4.79 Å². The van der Waals surface area contributed by atoms with Gasteiger partial charge in [0, 0.05) is 12.2 Å². The second-order valence-electron chi connectivity index (χ2n) is 5.24. The van der Waals surface area contributed by atoms with Crippen LogP contribution in [-0.2, 0) is 6.54 Å². The van der Waals surface area contributed by atoms with E-state index in [-0.39, 0.29) is 18.1 Å². The Balaban J connectivity index is 0.00000225. The highest BCUT2D eigenvalue weighted by Gasteiger charge is 2.11. The molecule has 25 heavy (non-hydrogen) atoms. The first-order valence-electron chi connectivity index (χ1n) is 7.56. The number of halogens is 2. The molecule has 0 atom stereocenters. The number of hydrogen-bond donors (Lipinski definition) is 3. The Morgan fingerprint density at radius 3 is 2.64 bits per heavy atom. The van der Waals surface area contributed by atoms with E-state index in [1.54, 1.807) is 7.11 Å². The normalized spacial score (nSPS) is 10.4. The van der Waals surface area contributed by atoms with Crippen LogP contribution in [0.5, 0.6) is 11.5 Å². The van der Waals surface area contributed by atoms with Crippen molar-refractivity contribution in [1.29, 1.82) is 0 Å². The Bertz CT molecular complexity index is 921. The fraction of sp³-hybridized carbons (Fsp3) is 0.235. The second-order valence-corrected chi connectivity index (χ2v) is 5.64. The summed E-state index contributed by atoms with van der Waals surface area (Å²) in [7, 11) is 1.56. The molecule has 0 saturated carbocycles. The van der Waals surface area contributed by atoms with Crippen LogP contribution in [0.4, 0.5) is 5.69 Å². The number of fused-ring (bicyclic) bond motifs is 1. The Hall–Kier alpha value is -2.31. The van der Waals surface area contributed by atoms with Gasteiger partial charge < -0.3 is 24.8 Å². The van der Waals surface area contributed by atoms with Gasteiger partial charge in [0.15, 0.2) is 11.5 Å². The summed E-state index contributed by atoms with van der Waals surface area (Å²) in [6, 6.07) is 9.37. The van der Waals surface area contributed by atoms with Crippen LogP contribution in [0.2, 0.25) is 5.02 Å². The third-order valence-electron chi connectivity index (χ3n) is 3.59. The van der Waals surface area contributed by atoms with Gasteiger partial charge in [0.1, 0.15) is 0 Å². The smallest absolute Gasteiger partial charge is 0.323 e. The number of nitrogens with one attached hydrogen (secondary N) is 3. The molecule has 0 bridgehead atoms. The van der Waals surface area contributed by atoms with Crippen LogP contribution in [-0.4, -0.2) is 23.7 Å². The topological polar surface area (TPSA) is 79.1 Å². The number of methoxy groups -OCH3 is 1. The quantitative estimate of drug-likeness (QED) is 0.601. The van der Waals surface area contributed by atoms with Crippen molar-refractivity contribution in [3.63, 3.8) is 0 Å². The zero-order valence-corrected chi connectivity index (χ0v) is 15.4. The van der Waals surface area contributed by atoms with E-state index in [0.29, 0.717) is 29.7 Å². The highest BCUT2D eigenvalue weighted by Crippen LogP contribution is 2.36. The average molecular weight is 384 g/mol. The maximum absolute atomic E-state index is 11.3. The molecular weight excluding hydrogens is 365 g/mol. The minimum absolute atomic E-state index is 0. The molecule has 0 unspecified atom stereocenters. The van der Waals surface area contributed by atoms with Gasteiger partial charge in [-0.1, -0.05) is 11.6 Å². The van der Waals surface area contributed by atoms with Crippen molar-refractivity contribution in [3.8, 4) is 11.5 Å². The SMILES string of the molecule is CCOc1cc(CNc2ccc3[nH]c(=O)[nH]c3c2)cc(Cl)c1OC.Cl. The molecule has 0 amide bonds. The number of ether oxygens (including phenoxy) is 2. The summed E-state index contributed by atoms with van der Waals surface area (Å²) in [6.07, 6.45) is 0. The van der Waals surface area contributed by atoms with E-state index in [2.05, 4.69) is 15.3 Å². The van der Waals surface area contributed by atoms with Crippen LogP contribution in [0.1, 0.15) is 12.5 Å². The van der Waals surface area contributed by atoms with E-state index in [1.807, 2.05) is 37.3 Å². The van der Waals surface area contributed by atoms with Crippen molar-refractivity contribution in [1.82, 2.24) is 9.97 Å². The van der Waals surface area contributed by atoms with Crippen molar-refractivity contribution < 1.29 is 9.47 Å². The number of benzene rings is 2. The summed E-state index contributed by atoms with van der Waals surface area (Å²) in [6.45, 7) is 3.00. The molecular formula is C17H19Cl2N3O3. The highest BCUT2D eigenvalue weighted by atomic mass is 35.5. The zero-order valence-electron chi connectivity index (χ0n) is 13.8. The fourth-order valence-electron chi connectivity index (χ4n) is 2.53. The van der Waals surface area contributed by atoms with Crippen molar-refractivity contribution in [2.45, 2.75) is 13.5 Å². The molecule has 0 aliphatic carbocycles. The van der Waals surface area contributed by atoms with Gasteiger partial charge >= 0.3 is 5.69 Å². The van der Waals surface area contributed by atoms with Crippen LogP contribution in [0.15, 0.2) is 35.1 Å². The first kappa shape index (κ1) is 19.0. The number of aromatic nitrogens is 2. The van der Waals surface area contributed by atoms with Gasteiger partial charge in [-0.15, -0.1) is 12.4 Å². The standard InChI is InChI=1S/C17H18ClN3O3.ClH/c1-3-24-15-7-10(6-12(18)16(15)23-2)9-19-11-4-5-13-14(8-11)21-17(22)20-13;/h4-8,19H,3,9H2,1-2H3,(H2,20,21,22);1H. The third-order valence-corrected chi connectivity index (χ3v) is 3.87. The summed E-state index contributed by atoms with van der Waals surface area (Å²) in [4.78, 5) is 16.8. The lowest BCUT2D eigenvalue weighted by molar-refractivity contribution is 0.310. The number of aromatic amines is 2. The summed E-state index contributed by atoms with van der Waals surface area (Å²) >= 11 is 6.26. The maximum Gasteiger partial charge on any atom is 0.323 e. The van der Waals surface area contributed by atoms with E-state index < -0.39 is 0 Å². The molecule has 0 aliphatic heterocycles. The Kier molecular flexibility index (Phi) is 6.22. The minimum atomic E-state index is -0.217. The van der Waals surface area contributed by atoms with Gasteiger partial charge in [0.05, 0.1) is 29.8 Å². The first-order valence-corrected chi connectivity index (χ1v) is 7.93. The van der Waals surface area contributed by atoms with Crippen molar-refractivity contribution >= 4 is 40.7 Å². The lowest BCUT2D eigenvalue weighted by Gasteiger charge is -2.14. The van der Waals surface area contributed by atoms with Gasteiger partial charge in [0.2, 0.25) is 0 Å². The average Bonchev–Trinajstić information content (AvgIpc) is 2.92. The molecule has 1 heterocycles. The third kappa shape index (κ3) is 4.21. The summed E-state index contributed by atoms with van der Waals surface area (Å²) < 4.78 is 10.9. The molecule has 6 nitrogen and oxygen atoms in total. The van der Waals surface area contributed by atoms with Gasteiger partial charge in [-0.05, 0) is 42.8 Å². The molecule has 0 saturated heterocycles. The summed E-state index contributed by atoms with van der Waals surface area (Å²) in [5.41, 5.74) is 3.17. The Morgan fingerprint density at radius 1 is 1.16 bits per heavy atom. The van der Waals surface area contributed by atoms with Crippen LogP contribution in [0.25, 0.3) is 11.0 Å². The van der Waals surface area contributed by atoms with Crippen LogP contribution >= 0.6 is 24.0 Å². The Morgan fingerprint density at radius 2 is 1.92 bits per heavy atom. The van der Waals surface area contributed by atoms with Crippen molar-refractivity contribution in [3.05, 3.63) is 51.4 Å². The summed E-state index contributed by atoms with van der Waals surface area (Å²) in [5, 5.41) is 3.81. The molecule has 0 spiro atoms. The summed E-state index contributed by atoms with van der Waals surface area (Å²) in [5.74, 6) is 1.16. The molecule has 3 rings (SSSR count). The number of anilines is 1. The Labute approximate surface area is 155 Å². The second kappa shape index (κ2) is 8.18. The number of rotatable bonds is 6. The number of H-pyrrole nitrogens is 2. The predicted octanol–water partition coefficient (Wildman–Crippen LogP) is 3.95. The van der Waals surface area contributed by atoms with Crippen LogP contribution in [0.3, 0.4) is 0 Å². The van der Waals surface area contributed by atoms with Gasteiger partial charge in [-0.25, -0.2) is 4.79 Å². The number of imidazole rings is 1. The molecule has 0 fully saturated rings. The lowest BCUT2D eigenvalue weighted by Crippen LogP contribution is -2.02. The van der Waals surface area contributed by atoms with E-state index in [1.165, 1.54) is 0 Å². The fourth-order valence-corrected chi connectivity index (χ4v) is 2.84. The van der Waals surface area contributed by atoms with Crippen molar-refractivity contribution in [2.75, 3.05) is 19.0 Å². The molecule has 8 heteroatoms. The van der Waals surface area contributed by atoms with Gasteiger partial charge in [-0.3, -0.25) is 0 Å². The van der Waals surface area contributed by atoms with Gasteiger partial charge in [-0.2, -0.15) is 0 Å². The molecule has 134 valence electrons. The van der Waals surface area contributed by atoms with Crippen molar-refractivity contribution in [2.24, 2.45) is 0 Å². The van der Waals surface area contributed by atoms with Gasteiger partial charge in [0.25, 0.3) is 0 Å². The highest BCUT2D eigenvalue weighted by molar-refractivity contribution is 6.32. The first-order chi connectivity index (χ1) is 11.6. The molecule has 1 aromatic heterocycles. The zero-order chi connectivity index (χ0) is 17.1. The molecule has 0 aliphatic rings. The van der Waals surface area contributed by atoms with E-state index in [0.717, 1.165) is 22.3 Å². The largest absolute Gasteiger partial charge is 0.491 e.